The Morgan fingerprint density at radius 2 is 1.61 bits per heavy atom. The lowest BCUT2D eigenvalue weighted by Crippen LogP contribution is -2.42. The maximum atomic E-state index is 3.47. The fourth-order valence-electron chi connectivity index (χ4n) is 2.31. The zero-order valence-corrected chi connectivity index (χ0v) is 14.5. The van der Waals surface area contributed by atoms with Crippen molar-refractivity contribution in [1.82, 2.24) is 9.03 Å². The van der Waals surface area contributed by atoms with E-state index in [2.05, 4.69) is 42.3 Å². The van der Waals surface area contributed by atoms with Crippen LogP contribution in [-0.4, -0.2) is 29.0 Å². The second-order valence-electron chi connectivity index (χ2n) is 4.83. The summed E-state index contributed by atoms with van der Waals surface area (Å²) >= 11 is 3.61. The molecule has 110 valence electrons. The van der Waals surface area contributed by atoms with Gasteiger partial charge >= 0.3 is 0 Å². The molecule has 0 aromatic heterocycles. The molecule has 2 nitrogen and oxygen atoms in total. The molecule has 0 rings (SSSR count). The third kappa shape index (κ3) is 7.93. The number of rotatable bonds is 12. The molecule has 4 heteroatoms. The van der Waals surface area contributed by atoms with Crippen LogP contribution in [0.25, 0.3) is 0 Å². The Bertz CT molecular complexity index is 179. The van der Waals surface area contributed by atoms with E-state index in [1.165, 1.54) is 44.9 Å². The van der Waals surface area contributed by atoms with E-state index in [9.17, 15) is 0 Å². The van der Waals surface area contributed by atoms with E-state index >= 15 is 0 Å². The molecule has 0 amide bonds. The van der Waals surface area contributed by atoms with E-state index in [1.54, 1.807) is 11.9 Å². The minimum Gasteiger partial charge on any atom is -0.247 e. The van der Waals surface area contributed by atoms with E-state index in [1.807, 2.05) is 11.9 Å². The van der Waals surface area contributed by atoms with E-state index in [4.69, 9.17) is 0 Å². The van der Waals surface area contributed by atoms with Crippen molar-refractivity contribution in [3.8, 4) is 0 Å². The molecule has 2 unspecified atom stereocenters. The molecule has 0 aliphatic rings. The van der Waals surface area contributed by atoms with Crippen molar-refractivity contribution in [1.29, 1.82) is 0 Å². The summed E-state index contributed by atoms with van der Waals surface area (Å²) < 4.78 is 6.02. The van der Waals surface area contributed by atoms with Crippen molar-refractivity contribution in [2.24, 2.45) is 0 Å². The third-order valence-electron chi connectivity index (χ3n) is 3.27. The highest BCUT2D eigenvalue weighted by atomic mass is 32.2. The summed E-state index contributed by atoms with van der Waals surface area (Å²) in [5.41, 5.74) is 0. The molecule has 1 N–H and O–H groups in total. The van der Waals surface area contributed by atoms with Crippen LogP contribution < -0.4 is 4.72 Å². The van der Waals surface area contributed by atoms with Crippen LogP contribution in [0.2, 0.25) is 0 Å². The van der Waals surface area contributed by atoms with Crippen molar-refractivity contribution in [3.05, 3.63) is 0 Å². The van der Waals surface area contributed by atoms with E-state index in [0.29, 0.717) is 6.17 Å². The first-order chi connectivity index (χ1) is 8.71. The summed E-state index contributed by atoms with van der Waals surface area (Å²) in [6.07, 6.45) is 14.1. The third-order valence-corrected chi connectivity index (χ3v) is 4.89. The monoisotopic (exact) mass is 292 g/mol. The number of hydrogen-bond donors (Lipinski definition) is 1. The van der Waals surface area contributed by atoms with Crippen LogP contribution in [0, 0.1) is 0 Å². The van der Waals surface area contributed by atoms with Gasteiger partial charge in [-0.25, -0.2) is 9.03 Å². The first-order valence-corrected chi connectivity index (χ1v) is 9.72. The molecule has 0 aliphatic carbocycles. The Balaban J connectivity index is 4.35. The first-order valence-electron chi connectivity index (χ1n) is 7.32. The standard InChI is InChI=1S/C14H32N2S2/c1-6-8-10-12-14(11-9-7-2)16(18-5)13(3)15-17-4/h13-15H,6-12H2,1-5H3. The summed E-state index contributed by atoms with van der Waals surface area (Å²) in [5, 5.41) is 0. The van der Waals surface area contributed by atoms with Gasteiger partial charge in [0.25, 0.3) is 0 Å². The molecule has 0 heterocycles. The molecule has 18 heavy (non-hydrogen) atoms. The summed E-state index contributed by atoms with van der Waals surface area (Å²) in [6.45, 7) is 6.84. The van der Waals surface area contributed by atoms with Gasteiger partial charge in [-0.05, 0) is 32.3 Å². The predicted octanol–water partition coefficient (Wildman–Crippen LogP) is 4.92. The minimum atomic E-state index is 0.443. The number of nitrogens with one attached hydrogen (secondary N) is 1. The summed E-state index contributed by atoms with van der Waals surface area (Å²) in [7, 11) is 0. The normalized spacial score (nSPS) is 15.0. The van der Waals surface area contributed by atoms with E-state index in [-0.39, 0.29) is 0 Å². The summed E-state index contributed by atoms with van der Waals surface area (Å²) in [6, 6.07) is 0.723. The fourth-order valence-corrected chi connectivity index (χ4v) is 3.71. The van der Waals surface area contributed by atoms with Crippen LogP contribution in [0.3, 0.4) is 0 Å². The fraction of sp³-hybridized carbons (Fsp3) is 1.00. The lowest BCUT2D eigenvalue weighted by Gasteiger charge is -2.34. The van der Waals surface area contributed by atoms with Crippen molar-refractivity contribution < 1.29 is 0 Å². The van der Waals surface area contributed by atoms with Crippen molar-refractivity contribution in [2.45, 2.75) is 77.9 Å². The molecule has 0 saturated heterocycles. The highest BCUT2D eigenvalue weighted by molar-refractivity contribution is 7.97. The minimum absolute atomic E-state index is 0.443. The highest BCUT2D eigenvalue weighted by Gasteiger charge is 2.21. The molecular formula is C14H32N2S2. The maximum absolute atomic E-state index is 3.47. The molecule has 0 aromatic carbocycles. The SMILES string of the molecule is CCCCCC(CCCC)N(SC)C(C)NSC. The van der Waals surface area contributed by atoms with Gasteiger partial charge in [0.15, 0.2) is 0 Å². The van der Waals surface area contributed by atoms with Crippen LogP contribution in [0.4, 0.5) is 0 Å². The molecule has 0 aliphatic heterocycles. The lowest BCUT2D eigenvalue weighted by molar-refractivity contribution is 0.246. The van der Waals surface area contributed by atoms with Gasteiger partial charge in [-0.2, -0.15) is 0 Å². The Hall–Kier alpha value is 0.620. The Morgan fingerprint density at radius 1 is 1.00 bits per heavy atom. The molecule has 0 bridgehead atoms. The number of hydrogen-bond acceptors (Lipinski definition) is 4. The van der Waals surface area contributed by atoms with E-state index in [0.717, 1.165) is 6.04 Å². The van der Waals surface area contributed by atoms with Gasteiger partial charge in [0.2, 0.25) is 0 Å². The zero-order chi connectivity index (χ0) is 13.8. The lowest BCUT2D eigenvalue weighted by atomic mass is 10.0. The molecular weight excluding hydrogens is 260 g/mol. The molecule has 0 radical (unpaired) electrons. The average Bonchev–Trinajstić information content (AvgIpc) is 2.36. The highest BCUT2D eigenvalue weighted by Crippen LogP contribution is 2.24. The van der Waals surface area contributed by atoms with Crippen LogP contribution in [0.5, 0.6) is 0 Å². The van der Waals surface area contributed by atoms with Gasteiger partial charge in [0.05, 0.1) is 6.17 Å². The topological polar surface area (TPSA) is 15.3 Å². The van der Waals surface area contributed by atoms with E-state index < -0.39 is 0 Å². The van der Waals surface area contributed by atoms with Gasteiger partial charge in [-0.15, -0.1) is 0 Å². The van der Waals surface area contributed by atoms with Crippen molar-refractivity contribution in [2.75, 3.05) is 12.5 Å². The second-order valence-corrected chi connectivity index (χ2v) is 6.26. The molecule has 0 spiro atoms. The quantitative estimate of drug-likeness (QED) is 0.312. The van der Waals surface area contributed by atoms with Gasteiger partial charge in [0.1, 0.15) is 0 Å². The Kier molecular flexibility index (Phi) is 13.1. The van der Waals surface area contributed by atoms with Crippen molar-refractivity contribution in [3.63, 3.8) is 0 Å². The summed E-state index contributed by atoms with van der Waals surface area (Å²) in [4.78, 5) is 0. The van der Waals surface area contributed by atoms with Crippen LogP contribution in [0.1, 0.15) is 65.7 Å². The Morgan fingerprint density at radius 3 is 2.11 bits per heavy atom. The molecule has 2 atom stereocenters. The van der Waals surface area contributed by atoms with Gasteiger partial charge < -0.3 is 0 Å². The second kappa shape index (κ2) is 12.6. The van der Waals surface area contributed by atoms with Crippen molar-refractivity contribution >= 4 is 23.9 Å². The van der Waals surface area contributed by atoms with Crippen LogP contribution >= 0.6 is 23.9 Å². The average molecular weight is 293 g/mol. The molecule has 0 fully saturated rings. The largest absolute Gasteiger partial charge is 0.247 e. The molecule has 0 saturated carbocycles. The van der Waals surface area contributed by atoms with Gasteiger partial charge in [0, 0.05) is 6.04 Å². The summed E-state index contributed by atoms with van der Waals surface area (Å²) in [5.74, 6) is 0. The first kappa shape index (κ1) is 18.6. The predicted molar refractivity (Wildman–Crippen MR) is 88.9 cm³/mol. The van der Waals surface area contributed by atoms with Crippen LogP contribution in [-0.2, 0) is 0 Å². The Labute approximate surface area is 123 Å². The maximum Gasteiger partial charge on any atom is 0.0762 e. The number of unbranched alkanes of at least 4 members (excludes halogenated alkanes) is 3. The smallest absolute Gasteiger partial charge is 0.0762 e. The van der Waals surface area contributed by atoms with Gasteiger partial charge in [-0.3, -0.25) is 0 Å². The zero-order valence-electron chi connectivity index (χ0n) is 12.9. The molecule has 0 aromatic rings. The number of nitrogens with zero attached hydrogens (tertiary/aromatic N) is 1. The van der Waals surface area contributed by atoms with Crippen LogP contribution in [0.15, 0.2) is 0 Å². The van der Waals surface area contributed by atoms with Gasteiger partial charge in [-0.1, -0.05) is 69.8 Å².